The Morgan fingerprint density at radius 1 is 1.26 bits per heavy atom. The molecule has 1 aliphatic heterocycles. The van der Waals surface area contributed by atoms with E-state index < -0.39 is 26.7 Å². The van der Waals surface area contributed by atoms with Crippen molar-refractivity contribution in [1.82, 2.24) is 4.90 Å². The van der Waals surface area contributed by atoms with Crippen LogP contribution in [0.25, 0.3) is 0 Å². The van der Waals surface area contributed by atoms with Crippen LogP contribution < -0.4 is 5.73 Å². The van der Waals surface area contributed by atoms with E-state index in [1.807, 2.05) is 36.4 Å². The molecule has 1 rings (SSSR count). The highest BCUT2D eigenvalue weighted by atomic mass is 127. The first kappa shape index (κ1) is 20.7. The molecule has 0 aromatic carbocycles. The lowest BCUT2D eigenvalue weighted by Crippen LogP contribution is -2.60. The minimum absolute atomic E-state index is 0.182. The van der Waals surface area contributed by atoms with Gasteiger partial charge in [0.15, 0.2) is 5.78 Å². The molecule has 6 nitrogen and oxygen atoms in total. The van der Waals surface area contributed by atoms with Gasteiger partial charge in [0.25, 0.3) is 0 Å². The third-order valence-electron chi connectivity index (χ3n) is 5.41. The Balaban J connectivity index is 3.56. The molecule has 1 saturated heterocycles. The van der Waals surface area contributed by atoms with Crippen LogP contribution in [-0.2, 0) is 4.79 Å². The number of carbonyl (C=O) groups excluding carboxylic acids is 2. The van der Waals surface area contributed by atoms with Crippen LogP contribution in [0.4, 0.5) is 4.79 Å². The molecule has 4 N–H and O–H groups in total. The van der Waals surface area contributed by atoms with Gasteiger partial charge in [0.2, 0.25) is 0 Å². The number of hydrogen-bond acceptors (Lipinski definition) is 5. The Kier molecular flexibility index (Phi) is 5.58. The summed E-state index contributed by atoms with van der Waals surface area (Å²) in [6.45, 7) is 9.99. The van der Waals surface area contributed by atoms with E-state index in [0.29, 0.717) is 3.58 Å². The number of urea groups is 1. The largest absolute Gasteiger partial charge is 0.395 e. The lowest BCUT2D eigenvalue weighted by molar-refractivity contribution is -0.112. The number of primary amides is 1. The molecule has 2 amide bonds. The first-order chi connectivity index (χ1) is 10.2. The summed E-state index contributed by atoms with van der Waals surface area (Å²) in [5.74, 6) is -0.182. The van der Waals surface area contributed by atoms with E-state index in [9.17, 15) is 19.8 Å². The number of halogens is 1. The highest BCUT2D eigenvalue weighted by molar-refractivity contribution is 14.1. The number of Topliss-reactive ketones (excluding diaryl/α,β-unsaturated/α-hetero) is 1. The number of hydrogen-bond donors (Lipinski definition) is 3. The molecule has 8 heteroatoms. The van der Waals surface area contributed by atoms with Gasteiger partial charge in [-0.1, -0.05) is 13.8 Å². The minimum Gasteiger partial charge on any atom is -0.395 e. The van der Waals surface area contributed by atoms with Crippen molar-refractivity contribution in [3.8, 4) is 0 Å². The highest BCUT2D eigenvalue weighted by Crippen LogP contribution is 2.66. The summed E-state index contributed by atoms with van der Waals surface area (Å²) < 4.78 is -0.537. The van der Waals surface area contributed by atoms with E-state index >= 15 is 0 Å². The summed E-state index contributed by atoms with van der Waals surface area (Å²) in [5.41, 5.74) is 3.46. The molecule has 0 radical (unpaired) electrons. The van der Waals surface area contributed by atoms with Crippen molar-refractivity contribution in [2.24, 2.45) is 11.1 Å². The Labute approximate surface area is 155 Å². The molecule has 23 heavy (non-hydrogen) atoms. The lowest BCUT2D eigenvalue weighted by Gasteiger charge is -2.48. The van der Waals surface area contributed by atoms with Crippen LogP contribution in [0.3, 0.4) is 0 Å². The second-order valence-corrected chi connectivity index (χ2v) is 9.97. The first-order valence-corrected chi connectivity index (χ1v) is 9.08. The summed E-state index contributed by atoms with van der Waals surface area (Å²) >= 11 is 3.14. The van der Waals surface area contributed by atoms with Crippen LogP contribution in [0, 0.1) is 5.41 Å². The monoisotopic (exact) mass is 456 g/mol. The maximum Gasteiger partial charge on any atom is 0.320 e. The van der Waals surface area contributed by atoms with Gasteiger partial charge in [-0.05, 0) is 50.3 Å². The molecule has 0 aliphatic carbocycles. The van der Waals surface area contributed by atoms with Gasteiger partial charge in [0.05, 0.1) is 20.5 Å². The van der Waals surface area contributed by atoms with Gasteiger partial charge in [-0.2, -0.15) is 0 Å². The van der Waals surface area contributed by atoms with E-state index in [1.54, 1.807) is 20.8 Å². The van der Waals surface area contributed by atoms with Crippen molar-refractivity contribution in [1.29, 1.82) is 0 Å². The van der Waals surface area contributed by atoms with Crippen molar-refractivity contribution >= 4 is 46.2 Å². The van der Waals surface area contributed by atoms with E-state index in [2.05, 4.69) is 0 Å². The van der Waals surface area contributed by atoms with Gasteiger partial charge >= 0.3 is 6.03 Å². The number of carbonyl (C=O) groups is 2. The molecule has 1 heterocycles. The van der Waals surface area contributed by atoms with Crippen LogP contribution in [0.5, 0.6) is 0 Å². The van der Waals surface area contributed by atoms with Crippen molar-refractivity contribution < 1.29 is 19.8 Å². The van der Waals surface area contributed by atoms with E-state index in [0.717, 1.165) is 0 Å². The van der Waals surface area contributed by atoms with Gasteiger partial charge in [-0.3, -0.25) is 9.69 Å². The minimum atomic E-state index is -1.28. The molecule has 1 unspecified atom stereocenters. The molecule has 0 aromatic heterocycles. The number of allylic oxidation sites excluding steroid dienone is 1. The second-order valence-electron chi connectivity index (χ2n) is 6.91. The topological polar surface area (TPSA) is 104 Å². The zero-order chi connectivity index (χ0) is 18.4. The van der Waals surface area contributed by atoms with E-state index in [1.165, 1.54) is 29.8 Å². The van der Waals surface area contributed by atoms with Gasteiger partial charge < -0.3 is 15.9 Å². The van der Waals surface area contributed by atoms with Crippen molar-refractivity contribution in [2.45, 2.75) is 56.8 Å². The highest BCUT2D eigenvalue weighted by Gasteiger charge is 2.71. The number of ketones is 1. The van der Waals surface area contributed by atoms with Gasteiger partial charge in [0.1, 0.15) is 4.87 Å². The number of nitrogens with two attached hydrogens (primary N) is 1. The van der Waals surface area contributed by atoms with E-state index in [4.69, 9.17) is 5.73 Å². The molecular weight excluding hydrogens is 431 g/mol. The van der Waals surface area contributed by atoms with Crippen LogP contribution in [0.2, 0.25) is 0 Å². The molecule has 0 bridgehead atoms. The second kappa shape index (κ2) is 6.20. The summed E-state index contributed by atoms with van der Waals surface area (Å²) in [7, 11) is 0. The fourth-order valence-electron chi connectivity index (χ4n) is 2.92. The third kappa shape index (κ3) is 2.91. The number of aliphatic hydroxyl groups is 2. The molecule has 0 saturated carbocycles. The Morgan fingerprint density at radius 2 is 1.74 bits per heavy atom. The lowest BCUT2D eigenvalue weighted by atomic mass is 9.65. The predicted octanol–water partition coefficient (Wildman–Crippen LogP) is 2.22. The maximum absolute atomic E-state index is 12.1. The summed E-state index contributed by atoms with van der Waals surface area (Å²) in [6.07, 6.45) is 1.42. The zero-order valence-corrected chi connectivity index (χ0v) is 17.3. The number of thioether (sulfide) groups is 1. The zero-order valence-electron chi connectivity index (χ0n) is 14.3. The fourth-order valence-corrected chi connectivity index (χ4v) is 5.29. The third-order valence-corrected chi connectivity index (χ3v) is 8.53. The van der Waals surface area contributed by atoms with Crippen LogP contribution in [0.1, 0.15) is 41.5 Å². The SMILES string of the molecule is CC(=O)/C(I)=C\N(C(N)=O)[C@]1(C)S[C@](C)(CO)C(C)(O)C1(C)C. The van der Waals surface area contributed by atoms with Gasteiger partial charge in [-0.25, -0.2) is 4.79 Å². The summed E-state index contributed by atoms with van der Waals surface area (Å²) in [4.78, 5) is 24.0. The Morgan fingerprint density at radius 3 is 2.04 bits per heavy atom. The summed E-state index contributed by atoms with van der Waals surface area (Å²) in [6, 6.07) is -0.721. The average molecular weight is 456 g/mol. The summed E-state index contributed by atoms with van der Waals surface area (Å²) in [5, 5.41) is 20.9. The molecule has 0 aromatic rings. The average Bonchev–Trinajstić information content (AvgIpc) is 2.52. The standard InChI is InChI=1S/C15H25IN2O4S/c1-9(20)10(16)7-18(11(17)21)15(6)12(2,3)14(5,22)13(4,8-19)23-15/h7,19,22H,8H2,1-6H3,(H2,17,21)/b10-7+/t13-,14?,15-/m1/s1. The van der Waals surface area contributed by atoms with Crippen molar-refractivity contribution in [3.05, 3.63) is 9.78 Å². The molecule has 1 aliphatic rings. The maximum atomic E-state index is 12.1. The Hall–Kier alpha value is -0.320. The van der Waals surface area contributed by atoms with Crippen molar-refractivity contribution in [2.75, 3.05) is 6.61 Å². The number of nitrogens with zero attached hydrogens (tertiary/aromatic N) is 1. The normalized spacial score (nSPS) is 36.8. The molecule has 132 valence electrons. The molecule has 0 spiro atoms. The molecular formula is C15H25IN2O4S. The number of rotatable bonds is 4. The number of aliphatic hydroxyl groups excluding tert-OH is 1. The van der Waals surface area contributed by atoms with Gasteiger partial charge in [-0.15, -0.1) is 11.8 Å². The Bertz CT molecular complexity index is 564. The number of amides is 2. The smallest absolute Gasteiger partial charge is 0.320 e. The van der Waals surface area contributed by atoms with Crippen LogP contribution in [-0.4, -0.2) is 48.8 Å². The van der Waals surface area contributed by atoms with Gasteiger partial charge in [0, 0.05) is 11.6 Å². The van der Waals surface area contributed by atoms with Crippen LogP contribution in [0.15, 0.2) is 9.78 Å². The fraction of sp³-hybridized carbons (Fsp3) is 0.733. The molecule has 1 fully saturated rings. The first-order valence-electron chi connectivity index (χ1n) is 7.18. The van der Waals surface area contributed by atoms with Crippen LogP contribution >= 0.6 is 34.4 Å². The quantitative estimate of drug-likeness (QED) is 0.445. The molecule has 3 atom stereocenters. The van der Waals surface area contributed by atoms with Crippen molar-refractivity contribution in [3.63, 3.8) is 0 Å². The predicted molar refractivity (Wildman–Crippen MR) is 100 cm³/mol. The van der Waals surface area contributed by atoms with E-state index in [-0.39, 0.29) is 12.4 Å².